The van der Waals surface area contributed by atoms with Crippen LogP contribution in [-0.4, -0.2) is 76.7 Å². The van der Waals surface area contributed by atoms with E-state index >= 15 is 4.39 Å². The van der Waals surface area contributed by atoms with Gasteiger partial charge in [-0.05, 0) is 68.4 Å². The number of ether oxygens (including phenoxy) is 2. The van der Waals surface area contributed by atoms with Gasteiger partial charge in [-0.25, -0.2) is 13.2 Å². The number of fused-ring (bicyclic) bond motifs is 3. The molecule has 44 heavy (non-hydrogen) atoms. The second kappa shape index (κ2) is 10.8. The van der Waals surface area contributed by atoms with Crippen molar-refractivity contribution < 1.29 is 27.8 Å². The average molecular weight is 603 g/mol. The number of alkyl halides is 1. The van der Waals surface area contributed by atoms with Crippen molar-refractivity contribution in [1.29, 1.82) is 0 Å². The molecule has 3 saturated heterocycles. The molecule has 7 nitrogen and oxygen atoms in total. The minimum absolute atomic E-state index is 0.00462. The molecule has 0 amide bonds. The standard InChI is InChI=1S/C34H33F3N4O3/c1-4-24-28(36)9-6-21-12-23(42)13-27(29(21)24)25-7-8-26-31(30(25)37)38-33(39-32(26)40-15-19(2)44-20(3)16-40)43-18-34-10-5-11-41(34)17-22(35)14-34/h1,6-9,12-13,19-20,22,42H,5,10-11,14-18H2,2-3H3. The highest BCUT2D eigenvalue weighted by Crippen LogP contribution is 2.42. The van der Waals surface area contributed by atoms with Crippen LogP contribution >= 0.6 is 0 Å². The van der Waals surface area contributed by atoms with Crippen LogP contribution in [-0.2, 0) is 4.74 Å². The number of terminal acetylenes is 1. The molecule has 3 aliphatic rings. The van der Waals surface area contributed by atoms with Gasteiger partial charge in [-0.1, -0.05) is 18.1 Å². The summed E-state index contributed by atoms with van der Waals surface area (Å²) in [5, 5.41) is 11.8. The maximum absolute atomic E-state index is 16.8. The number of halogens is 3. The molecule has 7 rings (SSSR count). The highest BCUT2D eigenvalue weighted by Gasteiger charge is 2.49. The van der Waals surface area contributed by atoms with E-state index in [-0.39, 0.29) is 52.8 Å². The fraction of sp³-hybridized carbons (Fsp3) is 0.412. The van der Waals surface area contributed by atoms with Crippen LogP contribution in [0, 0.1) is 24.0 Å². The smallest absolute Gasteiger partial charge is 0.319 e. The largest absolute Gasteiger partial charge is 0.508 e. The topological polar surface area (TPSA) is 71.0 Å². The number of nitrogens with zero attached hydrogens (tertiary/aromatic N) is 4. The molecule has 0 saturated carbocycles. The van der Waals surface area contributed by atoms with Crippen LogP contribution in [0.1, 0.15) is 38.7 Å². The first-order valence-electron chi connectivity index (χ1n) is 15.0. The Kier molecular flexibility index (Phi) is 7.06. The van der Waals surface area contributed by atoms with E-state index in [1.807, 2.05) is 18.7 Å². The molecular weight excluding hydrogens is 569 g/mol. The van der Waals surface area contributed by atoms with E-state index in [1.165, 1.54) is 24.3 Å². The van der Waals surface area contributed by atoms with Gasteiger partial charge < -0.3 is 19.5 Å². The molecule has 3 aromatic carbocycles. The van der Waals surface area contributed by atoms with Crippen molar-refractivity contribution in [3.05, 3.63) is 53.6 Å². The number of phenolic OH excluding ortho intramolecular Hbond substituents is 1. The maximum Gasteiger partial charge on any atom is 0.319 e. The normalized spacial score (nSPS) is 25.5. The third-order valence-corrected chi connectivity index (χ3v) is 9.20. The van der Waals surface area contributed by atoms with Crippen LogP contribution in [0.5, 0.6) is 11.8 Å². The molecule has 0 bridgehead atoms. The fourth-order valence-electron chi connectivity index (χ4n) is 7.42. The van der Waals surface area contributed by atoms with Crippen LogP contribution in [0.4, 0.5) is 19.0 Å². The first kappa shape index (κ1) is 28.7. The minimum Gasteiger partial charge on any atom is -0.508 e. The number of hydrogen-bond acceptors (Lipinski definition) is 7. The van der Waals surface area contributed by atoms with E-state index in [0.717, 1.165) is 19.4 Å². The van der Waals surface area contributed by atoms with E-state index < -0.39 is 23.3 Å². The van der Waals surface area contributed by atoms with Gasteiger partial charge in [0.05, 0.1) is 23.3 Å². The first-order chi connectivity index (χ1) is 21.2. The van der Waals surface area contributed by atoms with Crippen molar-refractivity contribution in [3.63, 3.8) is 0 Å². The number of benzene rings is 3. The number of rotatable bonds is 5. The van der Waals surface area contributed by atoms with E-state index in [4.69, 9.17) is 20.9 Å². The van der Waals surface area contributed by atoms with Gasteiger partial charge in [-0.3, -0.25) is 4.90 Å². The highest BCUT2D eigenvalue weighted by atomic mass is 19.1. The summed E-state index contributed by atoms with van der Waals surface area (Å²) in [6, 6.07) is 8.86. The number of morpholine rings is 1. The number of phenols is 1. The van der Waals surface area contributed by atoms with Gasteiger partial charge in [-0.2, -0.15) is 9.97 Å². The van der Waals surface area contributed by atoms with Crippen LogP contribution in [0.3, 0.4) is 0 Å². The summed E-state index contributed by atoms with van der Waals surface area (Å²) < 4.78 is 58.1. The van der Waals surface area contributed by atoms with Crippen LogP contribution in [0.25, 0.3) is 32.8 Å². The summed E-state index contributed by atoms with van der Waals surface area (Å²) in [5.74, 6) is 1.47. The van der Waals surface area contributed by atoms with Crippen molar-refractivity contribution in [2.45, 2.75) is 57.0 Å². The van der Waals surface area contributed by atoms with Gasteiger partial charge in [0.2, 0.25) is 0 Å². The van der Waals surface area contributed by atoms with Crippen molar-refractivity contribution >= 4 is 27.5 Å². The molecule has 0 radical (unpaired) electrons. The number of hydrogen-bond donors (Lipinski definition) is 1. The Labute approximate surface area is 253 Å². The highest BCUT2D eigenvalue weighted by molar-refractivity contribution is 6.04. The third kappa shape index (κ3) is 4.79. The summed E-state index contributed by atoms with van der Waals surface area (Å²) in [6.45, 7) is 6.39. The lowest BCUT2D eigenvalue weighted by atomic mass is 9.93. The molecule has 0 spiro atoms. The second-order valence-electron chi connectivity index (χ2n) is 12.3. The Hall–Kier alpha value is -4.07. The van der Waals surface area contributed by atoms with E-state index in [1.54, 1.807) is 12.1 Å². The second-order valence-corrected chi connectivity index (χ2v) is 12.3. The molecule has 4 aromatic rings. The quantitative estimate of drug-likeness (QED) is 0.282. The molecule has 0 aliphatic carbocycles. The third-order valence-electron chi connectivity index (χ3n) is 9.20. The zero-order valence-corrected chi connectivity index (χ0v) is 24.6. The van der Waals surface area contributed by atoms with Crippen LogP contribution < -0.4 is 9.64 Å². The molecular formula is C34H33F3N4O3. The van der Waals surface area contributed by atoms with Crippen molar-refractivity contribution in [2.75, 3.05) is 37.7 Å². The lowest BCUT2D eigenvalue weighted by Gasteiger charge is -2.36. The molecule has 10 heteroatoms. The van der Waals surface area contributed by atoms with Crippen LogP contribution in [0.15, 0.2) is 36.4 Å². The summed E-state index contributed by atoms with van der Waals surface area (Å²) in [7, 11) is 0. The first-order valence-corrected chi connectivity index (χ1v) is 15.0. The van der Waals surface area contributed by atoms with Gasteiger partial charge in [-0.15, -0.1) is 6.42 Å². The van der Waals surface area contributed by atoms with Gasteiger partial charge in [0.25, 0.3) is 0 Å². The minimum atomic E-state index is -0.918. The Balaban J connectivity index is 1.39. The predicted octanol–water partition coefficient (Wildman–Crippen LogP) is 5.98. The zero-order valence-electron chi connectivity index (χ0n) is 24.6. The number of aromatic nitrogens is 2. The SMILES string of the molecule is C#Cc1c(F)ccc2cc(O)cc(-c3ccc4c(N5CC(C)OC(C)C5)nc(OCC56CCCN5CC(F)C6)nc4c3F)c12. The Morgan fingerprint density at radius 1 is 1.09 bits per heavy atom. The maximum atomic E-state index is 16.8. The molecule has 228 valence electrons. The molecule has 4 unspecified atom stereocenters. The van der Waals surface area contributed by atoms with Gasteiger partial charge in [0, 0.05) is 42.4 Å². The summed E-state index contributed by atoms with van der Waals surface area (Å²) in [4.78, 5) is 13.5. The fourth-order valence-corrected chi connectivity index (χ4v) is 7.42. The Bertz CT molecular complexity index is 1820. The van der Waals surface area contributed by atoms with E-state index in [2.05, 4.69) is 15.8 Å². The summed E-state index contributed by atoms with van der Waals surface area (Å²) in [5.41, 5.74) is -0.111. The molecule has 4 atom stereocenters. The Morgan fingerprint density at radius 2 is 1.89 bits per heavy atom. The lowest BCUT2D eigenvalue weighted by molar-refractivity contribution is -0.00542. The molecule has 3 aliphatic heterocycles. The number of aromatic hydroxyl groups is 1. The average Bonchev–Trinajstić information content (AvgIpc) is 3.51. The number of anilines is 1. The molecule has 4 heterocycles. The van der Waals surface area contributed by atoms with E-state index in [0.29, 0.717) is 48.0 Å². The Morgan fingerprint density at radius 3 is 2.66 bits per heavy atom. The van der Waals surface area contributed by atoms with Gasteiger partial charge in [0.15, 0.2) is 5.82 Å². The molecule has 1 N–H and O–H groups in total. The van der Waals surface area contributed by atoms with Gasteiger partial charge in [0.1, 0.15) is 35.7 Å². The van der Waals surface area contributed by atoms with Gasteiger partial charge >= 0.3 is 6.01 Å². The van der Waals surface area contributed by atoms with Crippen molar-refractivity contribution in [3.8, 4) is 35.2 Å². The van der Waals surface area contributed by atoms with Crippen molar-refractivity contribution in [2.24, 2.45) is 0 Å². The summed E-state index contributed by atoms with van der Waals surface area (Å²) >= 11 is 0. The van der Waals surface area contributed by atoms with E-state index in [9.17, 15) is 13.9 Å². The lowest BCUT2D eigenvalue weighted by Crippen LogP contribution is -2.46. The van der Waals surface area contributed by atoms with Crippen LogP contribution in [0.2, 0.25) is 0 Å². The van der Waals surface area contributed by atoms with Crippen molar-refractivity contribution in [1.82, 2.24) is 14.9 Å². The molecule has 3 fully saturated rings. The monoisotopic (exact) mass is 602 g/mol. The predicted molar refractivity (Wildman–Crippen MR) is 163 cm³/mol. The molecule has 1 aromatic heterocycles. The summed E-state index contributed by atoms with van der Waals surface area (Å²) in [6.07, 6.45) is 6.74. The zero-order chi connectivity index (χ0) is 30.7.